The van der Waals surface area contributed by atoms with Crippen LogP contribution in [0.25, 0.3) is 0 Å². The predicted molar refractivity (Wildman–Crippen MR) is 66.4 cm³/mol. The van der Waals surface area contributed by atoms with Gasteiger partial charge < -0.3 is 19.5 Å². The summed E-state index contributed by atoms with van der Waals surface area (Å²) in [6.07, 6.45) is 4.99. The van der Waals surface area contributed by atoms with Crippen molar-refractivity contribution in [1.82, 2.24) is 5.32 Å². The summed E-state index contributed by atoms with van der Waals surface area (Å²) >= 11 is 0. The van der Waals surface area contributed by atoms with Gasteiger partial charge in [-0.3, -0.25) is 4.79 Å². The first-order valence-electron chi connectivity index (χ1n) is 6.95. The maximum absolute atomic E-state index is 11.6. The number of ether oxygens (including phenoxy) is 3. The lowest BCUT2D eigenvalue weighted by atomic mass is 10.2. The van der Waals surface area contributed by atoms with Gasteiger partial charge in [-0.25, -0.2) is 0 Å². The van der Waals surface area contributed by atoms with Crippen molar-refractivity contribution in [3.05, 3.63) is 0 Å². The molecule has 2 atom stereocenters. The number of rotatable bonds is 7. The highest BCUT2D eigenvalue weighted by atomic mass is 16.5. The molecule has 2 unspecified atom stereocenters. The maximum atomic E-state index is 11.6. The van der Waals surface area contributed by atoms with Crippen LogP contribution in [0.2, 0.25) is 0 Å². The number of nitrogens with one attached hydrogen (secondary N) is 1. The highest BCUT2D eigenvalue weighted by Crippen LogP contribution is 2.12. The summed E-state index contributed by atoms with van der Waals surface area (Å²) in [5.41, 5.74) is 0. The second-order valence-corrected chi connectivity index (χ2v) is 4.86. The minimum atomic E-state index is -0.224. The SMILES string of the molecule is O=C(NCCCOCC1CCCO1)C1CCCO1. The highest BCUT2D eigenvalue weighted by molar-refractivity contribution is 5.80. The second kappa shape index (κ2) is 7.71. The number of carbonyl (C=O) groups is 1. The third-order valence-corrected chi connectivity index (χ3v) is 3.31. The molecule has 104 valence electrons. The van der Waals surface area contributed by atoms with Gasteiger partial charge in [0.05, 0.1) is 12.7 Å². The molecule has 5 heteroatoms. The molecule has 2 heterocycles. The third kappa shape index (κ3) is 4.55. The highest BCUT2D eigenvalue weighted by Gasteiger charge is 2.22. The molecule has 2 saturated heterocycles. The van der Waals surface area contributed by atoms with Crippen LogP contribution in [0, 0.1) is 0 Å². The summed E-state index contributed by atoms with van der Waals surface area (Å²) in [4.78, 5) is 11.6. The summed E-state index contributed by atoms with van der Waals surface area (Å²) in [7, 11) is 0. The fourth-order valence-corrected chi connectivity index (χ4v) is 2.27. The number of hydrogen-bond acceptors (Lipinski definition) is 4. The zero-order valence-electron chi connectivity index (χ0n) is 10.9. The standard InChI is InChI=1S/C13H23NO4/c15-13(12-5-2-9-18-12)14-6-3-7-16-10-11-4-1-8-17-11/h11-12H,1-10H2,(H,14,15). The fourth-order valence-electron chi connectivity index (χ4n) is 2.27. The van der Waals surface area contributed by atoms with Crippen LogP contribution in [0.1, 0.15) is 32.1 Å². The van der Waals surface area contributed by atoms with Crippen LogP contribution in [0.4, 0.5) is 0 Å². The van der Waals surface area contributed by atoms with Crippen molar-refractivity contribution < 1.29 is 19.0 Å². The van der Waals surface area contributed by atoms with E-state index in [1.807, 2.05) is 0 Å². The molecule has 0 saturated carbocycles. The summed E-state index contributed by atoms with van der Waals surface area (Å²) in [6.45, 7) is 3.59. The maximum Gasteiger partial charge on any atom is 0.249 e. The lowest BCUT2D eigenvalue weighted by Crippen LogP contribution is -2.35. The van der Waals surface area contributed by atoms with Crippen molar-refractivity contribution in [2.24, 2.45) is 0 Å². The largest absolute Gasteiger partial charge is 0.379 e. The molecule has 2 rings (SSSR count). The Balaban J connectivity index is 1.42. The van der Waals surface area contributed by atoms with Gasteiger partial charge in [0, 0.05) is 26.4 Å². The van der Waals surface area contributed by atoms with Crippen LogP contribution in [-0.2, 0) is 19.0 Å². The van der Waals surface area contributed by atoms with Gasteiger partial charge >= 0.3 is 0 Å². The van der Waals surface area contributed by atoms with Crippen LogP contribution in [0.5, 0.6) is 0 Å². The van der Waals surface area contributed by atoms with Crippen molar-refractivity contribution in [3.63, 3.8) is 0 Å². The molecule has 1 amide bonds. The molecule has 0 aliphatic carbocycles. The first-order valence-corrected chi connectivity index (χ1v) is 6.95. The number of carbonyl (C=O) groups excluding carboxylic acids is 1. The fraction of sp³-hybridized carbons (Fsp3) is 0.923. The molecule has 5 nitrogen and oxygen atoms in total. The molecule has 2 fully saturated rings. The Hall–Kier alpha value is -0.650. The molecular weight excluding hydrogens is 234 g/mol. The van der Waals surface area contributed by atoms with E-state index >= 15 is 0 Å². The van der Waals surface area contributed by atoms with Gasteiger partial charge in [-0.15, -0.1) is 0 Å². The van der Waals surface area contributed by atoms with Crippen LogP contribution >= 0.6 is 0 Å². The van der Waals surface area contributed by atoms with Gasteiger partial charge in [-0.1, -0.05) is 0 Å². The van der Waals surface area contributed by atoms with E-state index in [9.17, 15) is 4.79 Å². The van der Waals surface area contributed by atoms with Crippen LogP contribution in [0.3, 0.4) is 0 Å². The summed E-state index contributed by atoms with van der Waals surface area (Å²) in [5, 5.41) is 2.88. The van der Waals surface area contributed by atoms with Crippen LogP contribution in [-0.4, -0.2) is 51.1 Å². The molecule has 0 radical (unpaired) electrons. The Labute approximate surface area is 108 Å². The zero-order valence-corrected chi connectivity index (χ0v) is 10.9. The van der Waals surface area contributed by atoms with Crippen LogP contribution < -0.4 is 5.32 Å². The number of hydrogen-bond donors (Lipinski definition) is 1. The van der Waals surface area contributed by atoms with Gasteiger partial charge in [0.25, 0.3) is 0 Å². The van der Waals surface area contributed by atoms with Gasteiger partial charge in [-0.05, 0) is 32.1 Å². The summed E-state index contributed by atoms with van der Waals surface area (Å²) < 4.78 is 16.3. The zero-order chi connectivity index (χ0) is 12.6. The summed E-state index contributed by atoms with van der Waals surface area (Å²) in [6, 6.07) is 0. The molecule has 1 N–H and O–H groups in total. The minimum Gasteiger partial charge on any atom is -0.379 e. The first kappa shape index (κ1) is 13.8. The minimum absolute atomic E-state index is 0.0200. The van der Waals surface area contributed by atoms with Crippen molar-refractivity contribution in [3.8, 4) is 0 Å². The average molecular weight is 257 g/mol. The van der Waals surface area contributed by atoms with Gasteiger partial charge in [0.2, 0.25) is 5.91 Å². The van der Waals surface area contributed by atoms with E-state index in [4.69, 9.17) is 14.2 Å². The van der Waals surface area contributed by atoms with E-state index in [1.54, 1.807) is 0 Å². The Morgan fingerprint density at radius 2 is 2.06 bits per heavy atom. The number of amides is 1. The Morgan fingerprint density at radius 3 is 2.78 bits per heavy atom. The lowest BCUT2D eigenvalue weighted by molar-refractivity contribution is -0.130. The molecule has 2 aliphatic rings. The smallest absolute Gasteiger partial charge is 0.249 e. The van der Waals surface area contributed by atoms with Gasteiger partial charge in [0.1, 0.15) is 6.10 Å². The molecule has 0 bridgehead atoms. The van der Waals surface area contributed by atoms with Crippen LogP contribution in [0.15, 0.2) is 0 Å². The second-order valence-electron chi connectivity index (χ2n) is 4.86. The molecule has 18 heavy (non-hydrogen) atoms. The van der Waals surface area contributed by atoms with Gasteiger partial charge in [-0.2, -0.15) is 0 Å². The Bertz CT molecular complexity index is 247. The van der Waals surface area contributed by atoms with Gasteiger partial charge in [0.15, 0.2) is 0 Å². The van der Waals surface area contributed by atoms with E-state index in [1.165, 1.54) is 0 Å². The molecule has 0 spiro atoms. The van der Waals surface area contributed by atoms with E-state index in [-0.39, 0.29) is 18.1 Å². The monoisotopic (exact) mass is 257 g/mol. The normalized spacial score (nSPS) is 27.6. The lowest BCUT2D eigenvalue weighted by Gasteiger charge is -2.12. The van der Waals surface area contributed by atoms with Crippen molar-refractivity contribution in [1.29, 1.82) is 0 Å². The quantitative estimate of drug-likeness (QED) is 0.688. The molecular formula is C13H23NO4. The molecule has 2 aliphatic heterocycles. The first-order chi connectivity index (χ1) is 8.86. The van der Waals surface area contributed by atoms with E-state index in [0.717, 1.165) is 38.7 Å². The third-order valence-electron chi connectivity index (χ3n) is 3.31. The van der Waals surface area contributed by atoms with Crippen molar-refractivity contribution in [2.45, 2.75) is 44.3 Å². The predicted octanol–water partition coefficient (Wildman–Crippen LogP) is 0.867. The average Bonchev–Trinajstić information content (AvgIpc) is 3.05. The van der Waals surface area contributed by atoms with Crippen molar-refractivity contribution >= 4 is 5.91 Å². The molecule has 0 aromatic rings. The van der Waals surface area contributed by atoms with E-state index < -0.39 is 0 Å². The molecule has 0 aromatic heterocycles. The Morgan fingerprint density at radius 1 is 1.22 bits per heavy atom. The Kier molecular flexibility index (Phi) is 5.90. The topological polar surface area (TPSA) is 56.8 Å². The van der Waals surface area contributed by atoms with Crippen molar-refractivity contribution in [2.75, 3.05) is 33.0 Å². The van der Waals surface area contributed by atoms with E-state index in [2.05, 4.69) is 5.32 Å². The molecule has 0 aromatic carbocycles. The summed E-state index contributed by atoms with van der Waals surface area (Å²) in [5.74, 6) is 0.0200. The van der Waals surface area contributed by atoms with E-state index in [0.29, 0.717) is 26.4 Å².